The fraction of sp³-hybridized carbons (Fsp3) is 0. The monoisotopic (exact) mass is 182 g/mol. The largest absolute Gasteiger partial charge is 0.504 e. The molecule has 5 heteroatoms. The van der Waals surface area contributed by atoms with Gasteiger partial charge in [0.25, 0.3) is 0 Å². The van der Waals surface area contributed by atoms with Gasteiger partial charge in [0.1, 0.15) is 0 Å². The Hall–Kier alpha value is -2.04. The Labute approximate surface area is 72.5 Å². The van der Waals surface area contributed by atoms with E-state index >= 15 is 0 Å². The van der Waals surface area contributed by atoms with E-state index < -0.39 is 22.9 Å². The summed E-state index contributed by atoms with van der Waals surface area (Å²) in [5.74, 6) is -2.62. The molecule has 0 radical (unpaired) electrons. The molecule has 5 nitrogen and oxygen atoms in total. The molecule has 0 atom stereocenters. The number of carbonyl (C=O) groups is 1. The smallest absolute Gasteiger partial charge is 0.335 e. The van der Waals surface area contributed by atoms with Gasteiger partial charge in [-0.05, 0) is 6.07 Å². The van der Waals surface area contributed by atoms with Gasteiger partial charge in [-0.15, -0.1) is 0 Å². The highest BCUT2D eigenvalue weighted by molar-refractivity contribution is 5.87. The Morgan fingerprint density at radius 1 is 1.08 bits per heavy atom. The van der Waals surface area contributed by atoms with Gasteiger partial charge < -0.3 is 15.3 Å². The van der Waals surface area contributed by atoms with Crippen LogP contribution in [0.5, 0.6) is 11.5 Å². The quantitative estimate of drug-likeness (QED) is 0.574. The van der Waals surface area contributed by atoms with Crippen molar-refractivity contribution in [2.24, 2.45) is 0 Å². The summed E-state index contributed by atoms with van der Waals surface area (Å²) in [4.78, 5) is 21.3. The summed E-state index contributed by atoms with van der Waals surface area (Å²) in [5, 5.41) is 26.4. The predicted octanol–water partition coefficient (Wildman–Crippen LogP) is 0.156. The summed E-state index contributed by atoms with van der Waals surface area (Å²) >= 11 is 0. The van der Waals surface area contributed by atoms with E-state index in [0.29, 0.717) is 0 Å². The summed E-state index contributed by atoms with van der Waals surface area (Å²) in [6.45, 7) is 0. The van der Waals surface area contributed by atoms with Crippen LogP contribution in [-0.2, 0) is 0 Å². The number of aromatic carboxylic acids is 1. The maximum atomic E-state index is 10.8. The lowest BCUT2D eigenvalue weighted by Crippen LogP contribution is -1.99. The highest BCUT2D eigenvalue weighted by Crippen LogP contribution is 2.21. The van der Waals surface area contributed by atoms with Crippen LogP contribution in [0.1, 0.15) is 10.4 Å². The molecule has 1 aromatic rings. The number of carboxylic acids is 1. The molecule has 0 bridgehead atoms. The van der Waals surface area contributed by atoms with E-state index in [-0.39, 0.29) is 5.56 Å². The van der Waals surface area contributed by atoms with Crippen molar-refractivity contribution < 1.29 is 20.1 Å². The zero-order valence-corrected chi connectivity index (χ0v) is 6.39. The third kappa shape index (κ3) is 1.96. The Bertz CT molecular complexity index is 410. The first-order valence-corrected chi connectivity index (χ1v) is 3.31. The molecule has 0 aliphatic heterocycles. The Balaban J connectivity index is 3.54. The van der Waals surface area contributed by atoms with Gasteiger partial charge in [0.05, 0.1) is 5.56 Å². The molecular weight excluding hydrogens is 176 g/mol. The molecule has 0 saturated heterocycles. The van der Waals surface area contributed by atoms with Crippen molar-refractivity contribution in [1.82, 2.24) is 0 Å². The Morgan fingerprint density at radius 3 is 2.15 bits per heavy atom. The van der Waals surface area contributed by atoms with E-state index in [9.17, 15) is 9.59 Å². The summed E-state index contributed by atoms with van der Waals surface area (Å²) in [6.07, 6.45) is 0. The molecule has 0 amide bonds. The molecule has 0 aliphatic rings. The highest BCUT2D eigenvalue weighted by Gasteiger charge is 2.06. The zero-order chi connectivity index (χ0) is 10.0. The fourth-order valence-electron chi connectivity index (χ4n) is 0.790. The molecule has 1 rings (SSSR count). The molecule has 13 heavy (non-hydrogen) atoms. The lowest BCUT2D eigenvalue weighted by atomic mass is 10.3. The number of hydrogen-bond donors (Lipinski definition) is 3. The standard InChI is InChI=1S/C8H6O5/c9-5-1-4(8(12)13)2-6(10)7(11)3-5/h1-3,10-11H,(H,12,13). The molecule has 0 unspecified atom stereocenters. The Kier molecular flexibility index (Phi) is 2.19. The highest BCUT2D eigenvalue weighted by atomic mass is 16.4. The number of rotatable bonds is 1. The minimum Gasteiger partial charge on any atom is -0.504 e. The molecule has 0 heterocycles. The second kappa shape index (κ2) is 3.14. The van der Waals surface area contributed by atoms with E-state index in [1.165, 1.54) is 0 Å². The van der Waals surface area contributed by atoms with E-state index in [1.807, 2.05) is 0 Å². The van der Waals surface area contributed by atoms with Crippen molar-refractivity contribution in [3.63, 3.8) is 0 Å². The van der Waals surface area contributed by atoms with Gasteiger partial charge in [0, 0.05) is 12.1 Å². The van der Waals surface area contributed by atoms with Crippen molar-refractivity contribution in [2.45, 2.75) is 0 Å². The van der Waals surface area contributed by atoms with Crippen LogP contribution in [0.15, 0.2) is 23.0 Å². The van der Waals surface area contributed by atoms with Crippen molar-refractivity contribution in [3.8, 4) is 11.5 Å². The maximum Gasteiger partial charge on any atom is 0.335 e. The van der Waals surface area contributed by atoms with Crippen molar-refractivity contribution >= 4 is 5.97 Å². The molecule has 0 aromatic heterocycles. The minimum atomic E-state index is -1.34. The van der Waals surface area contributed by atoms with Crippen molar-refractivity contribution in [1.29, 1.82) is 0 Å². The van der Waals surface area contributed by atoms with Crippen LogP contribution in [-0.4, -0.2) is 21.3 Å². The summed E-state index contributed by atoms with van der Waals surface area (Å²) in [5.41, 5.74) is -1.06. The molecular formula is C8H6O5. The molecule has 0 saturated carbocycles. The van der Waals surface area contributed by atoms with E-state index in [0.717, 1.165) is 18.2 Å². The van der Waals surface area contributed by atoms with Gasteiger partial charge in [-0.3, -0.25) is 4.79 Å². The summed E-state index contributed by atoms with van der Waals surface area (Å²) in [7, 11) is 0. The number of carboxylic acid groups (broad SMARTS) is 1. The molecule has 1 aromatic carbocycles. The van der Waals surface area contributed by atoms with Gasteiger partial charge >= 0.3 is 5.97 Å². The number of hydrogen-bond acceptors (Lipinski definition) is 4. The van der Waals surface area contributed by atoms with Crippen LogP contribution in [0.2, 0.25) is 0 Å². The van der Waals surface area contributed by atoms with Crippen LogP contribution in [0.25, 0.3) is 0 Å². The molecule has 0 fully saturated rings. The first-order chi connectivity index (χ1) is 6.00. The fourth-order valence-corrected chi connectivity index (χ4v) is 0.790. The van der Waals surface area contributed by atoms with Gasteiger partial charge in [-0.2, -0.15) is 0 Å². The third-order valence-electron chi connectivity index (χ3n) is 1.38. The summed E-state index contributed by atoms with van der Waals surface area (Å²) in [6, 6.07) is 2.35. The van der Waals surface area contributed by atoms with Crippen molar-refractivity contribution in [3.05, 3.63) is 34.0 Å². The van der Waals surface area contributed by atoms with Crippen LogP contribution in [0.3, 0.4) is 0 Å². The van der Waals surface area contributed by atoms with Gasteiger partial charge in [-0.25, -0.2) is 4.79 Å². The normalized spacial score (nSPS) is 9.54. The van der Waals surface area contributed by atoms with E-state index in [1.54, 1.807) is 0 Å². The van der Waals surface area contributed by atoms with Crippen LogP contribution in [0.4, 0.5) is 0 Å². The lowest BCUT2D eigenvalue weighted by Gasteiger charge is -1.89. The second-order valence-electron chi connectivity index (χ2n) is 2.37. The predicted molar refractivity (Wildman–Crippen MR) is 43.0 cm³/mol. The van der Waals surface area contributed by atoms with Gasteiger partial charge in [0.2, 0.25) is 0 Å². The minimum absolute atomic E-state index is 0.372. The lowest BCUT2D eigenvalue weighted by molar-refractivity contribution is 0.0696. The number of aromatic hydroxyl groups is 2. The topological polar surface area (TPSA) is 94.8 Å². The molecule has 0 aliphatic carbocycles. The van der Waals surface area contributed by atoms with E-state index in [2.05, 4.69) is 0 Å². The van der Waals surface area contributed by atoms with Gasteiger partial charge in [0.15, 0.2) is 16.9 Å². The van der Waals surface area contributed by atoms with Crippen LogP contribution >= 0.6 is 0 Å². The summed E-state index contributed by atoms with van der Waals surface area (Å²) < 4.78 is 0. The maximum absolute atomic E-state index is 10.8. The average Bonchev–Trinajstić information content (AvgIpc) is 2.12. The van der Waals surface area contributed by atoms with Crippen molar-refractivity contribution in [2.75, 3.05) is 0 Å². The second-order valence-corrected chi connectivity index (χ2v) is 2.37. The van der Waals surface area contributed by atoms with E-state index in [4.69, 9.17) is 15.3 Å². The first-order valence-electron chi connectivity index (χ1n) is 3.31. The first kappa shape index (κ1) is 9.05. The van der Waals surface area contributed by atoms with Crippen LogP contribution in [0, 0.1) is 0 Å². The Morgan fingerprint density at radius 2 is 1.62 bits per heavy atom. The third-order valence-corrected chi connectivity index (χ3v) is 1.38. The van der Waals surface area contributed by atoms with Gasteiger partial charge in [-0.1, -0.05) is 0 Å². The average molecular weight is 182 g/mol. The molecule has 68 valence electrons. The SMILES string of the molecule is O=C(O)c1cc(O)c(O)cc(=O)c1. The van der Waals surface area contributed by atoms with Crippen LogP contribution < -0.4 is 5.43 Å². The zero-order valence-electron chi connectivity index (χ0n) is 6.39. The molecule has 3 N–H and O–H groups in total. The molecule has 0 spiro atoms.